The summed E-state index contributed by atoms with van der Waals surface area (Å²) in [6.07, 6.45) is 0.976. The van der Waals surface area contributed by atoms with E-state index in [1.54, 1.807) is 0 Å². The molecule has 1 saturated carbocycles. The second-order valence-electron chi connectivity index (χ2n) is 6.35. The fraction of sp³-hybridized carbons (Fsp3) is 0.846. The van der Waals surface area contributed by atoms with E-state index < -0.39 is 17.3 Å². The number of rotatable bonds is 5. The third-order valence-corrected chi connectivity index (χ3v) is 4.07. The summed E-state index contributed by atoms with van der Waals surface area (Å²) in [7, 11) is 0. The van der Waals surface area contributed by atoms with E-state index in [0.29, 0.717) is 6.54 Å². The Hall–Kier alpha value is -1.06. The zero-order valence-electron chi connectivity index (χ0n) is 11.3. The number of nitrogens with one attached hydrogen (secondary N) is 1. The van der Waals surface area contributed by atoms with E-state index in [0.717, 1.165) is 6.42 Å². The fourth-order valence-electron chi connectivity index (χ4n) is 2.15. The number of carbonyl (C=O) groups excluding carboxylic acids is 1. The van der Waals surface area contributed by atoms with Crippen molar-refractivity contribution >= 4 is 11.9 Å². The van der Waals surface area contributed by atoms with Crippen LogP contribution in [0.3, 0.4) is 0 Å². The summed E-state index contributed by atoms with van der Waals surface area (Å²) in [5.41, 5.74) is -0.348. The number of hydrogen-bond acceptors (Lipinski definition) is 2. The Morgan fingerprint density at radius 2 is 1.82 bits per heavy atom. The average Bonchev–Trinajstić information content (AvgIpc) is 2.78. The third kappa shape index (κ3) is 2.79. The van der Waals surface area contributed by atoms with E-state index in [2.05, 4.69) is 26.1 Å². The molecule has 1 rings (SSSR count). The maximum Gasteiger partial charge on any atom is 0.307 e. The minimum absolute atomic E-state index is 0.0629. The molecule has 2 N–H and O–H groups in total. The summed E-state index contributed by atoms with van der Waals surface area (Å²) < 4.78 is 0. The second-order valence-corrected chi connectivity index (χ2v) is 6.35. The van der Waals surface area contributed by atoms with E-state index in [1.807, 2.05) is 13.8 Å². The number of carboxylic acid groups (broad SMARTS) is 1. The Kier molecular flexibility index (Phi) is 3.55. The van der Waals surface area contributed by atoms with Gasteiger partial charge in [-0.25, -0.2) is 0 Å². The molecule has 0 aromatic carbocycles. The predicted octanol–water partition coefficient (Wildman–Crippen LogP) is 1.90. The quantitative estimate of drug-likeness (QED) is 0.772. The van der Waals surface area contributed by atoms with Crippen LogP contribution in [0.5, 0.6) is 0 Å². The van der Waals surface area contributed by atoms with Crippen LogP contribution in [-0.2, 0) is 9.59 Å². The topological polar surface area (TPSA) is 66.4 Å². The van der Waals surface area contributed by atoms with Crippen LogP contribution >= 0.6 is 0 Å². The molecule has 0 aromatic heterocycles. The van der Waals surface area contributed by atoms with Gasteiger partial charge in [-0.15, -0.1) is 0 Å². The zero-order valence-corrected chi connectivity index (χ0v) is 11.3. The summed E-state index contributed by atoms with van der Waals surface area (Å²) >= 11 is 0. The number of aliphatic carboxylic acids is 1. The first-order valence-corrected chi connectivity index (χ1v) is 6.14. The molecular weight excluding hydrogens is 218 g/mol. The summed E-state index contributed by atoms with van der Waals surface area (Å²) in [6.45, 7) is 10.5. The monoisotopic (exact) mass is 241 g/mol. The van der Waals surface area contributed by atoms with E-state index in [4.69, 9.17) is 5.11 Å². The molecule has 1 fully saturated rings. The van der Waals surface area contributed by atoms with Gasteiger partial charge in [-0.2, -0.15) is 0 Å². The van der Waals surface area contributed by atoms with Crippen LogP contribution in [0.1, 0.15) is 41.0 Å². The minimum Gasteiger partial charge on any atom is -0.481 e. The number of carboxylic acids is 1. The molecule has 0 spiro atoms. The van der Waals surface area contributed by atoms with Crippen molar-refractivity contribution in [2.45, 2.75) is 41.0 Å². The summed E-state index contributed by atoms with van der Waals surface area (Å²) in [5.74, 6) is -1.91. The lowest BCUT2D eigenvalue weighted by Crippen LogP contribution is -2.35. The molecule has 17 heavy (non-hydrogen) atoms. The molecule has 4 nitrogen and oxygen atoms in total. The summed E-state index contributed by atoms with van der Waals surface area (Å²) in [5, 5.41) is 11.9. The van der Waals surface area contributed by atoms with Gasteiger partial charge in [-0.1, -0.05) is 34.6 Å². The van der Waals surface area contributed by atoms with Gasteiger partial charge in [0.25, 0.3) is 0 Å². The normalized spacial score (nSPS) is 26.4. The van der Waals surface area contributed by atoms with Gasteiger partial charge in [0.05, 0.1) is 11.8 Å². The van der Waals surface area contributed by atoms with Gasteiger partial charge in [0.2, 0.25) is 5.91 Å². The predicted molar refractivity (Wildman–Crippen MR) is 65.5 cm³/mol. The van der Waals surface area contributed by atoms with Crippen LogP contribution in [0.2, 0.25) is 0 Å². The maximum atomic E-state index is 11.9. The average molecular weight is 241 g/mol. The fourth-order valence-corrected chi connectivity index (χ4v) is 2.15. The minimum atomic E-state index is -0.870. The number of hydrogen-bond donors (Lipinski definition) is 2. The van der Waals surface area contributed by atoms with Crippen molar-refractivity contribution in [3.8, 4) is 0 Å². The molecule has 4 heteroatoms. The van der Waals surface area contributed by atoms with E-state index >= 15 is 0 Å². The van der Waals surface area contributed by atoms with Crippen molar-refractivity contribution in [1.82, 2.24) is 5.32 Å². The number of amides is 1. The van der Waals surface area contributed by atoms with Gasteiger partial charge >= 0.3 is 5.97 Å². The van der Waals surface area contributed by atoms with E-state index in [1.165, 1.54) is 0 Å². The molecule has 1 amide bonds. The van der Waals surface area contributed by atoms with Crippen LogP contribution in [0.4, 0.5) is 0 Å². The Morgan fingerprint density at radius 1 is 1.29 bits per heavy atom. The van der Waals surface area contributed by atoms with E-state index in [9.17, 15) is 9.59 Å². The lowest BCUT2D eigenvalue weighted by atomic mass is 9.90. The highest BCUT2D eigenvalue weighted by Crippen LogP contribution is 2.58. The van der Waals surface area contributed by atoms with Crippen LogP contribution < -0.4 is 5.32 Å². The van der Waals surface area contributed by atoms with Crippen LogP contribution in [0.15, 0.2) is 0 Å². The zero-order chi connectivity index (χ0) is 13.4. The molecule has 0 aliphatic heterocycles. The number of carbonyl (C=O) groups is 2. The molecule has 0 unspecified atom stereocenters. The second kappa shape index (κ2) is 4.31. The van der Waals surface area contributed by atoms with Gasteiger partial charge in [-0.05, 0) is 17.3 Å². The molecule has 1 aliphatic carbocycles. The van der Waals surface area contributed by atoms with Gasteiger partial charge in [0.15, 0.2) is 0 Å². The molecule has 2 atom stereocenters. The molecule has 0 radical (unpaired) electrons. The Labute approximate surface area is 103 Å². The van der Waals surface area contributed by atoms with Crippen molar-refractivity contribution < 1.29 is 14.7 Å². The van der Waals surface area contributed by atoms with Crippen molar-refractivity contribution in [2.24, 2.45) is 22.7 Å². The third-order valence-electron chi connectivity index (χ3n) is 4.07. The molecule has 98 valence electrons. The standard InChI is InChI=1S/C13H23NO3/c1-6-12(2,3)7-14-10(15)8-9(11(16)17)13(8,4)5/h8-9H,6-7H2,1-5H3,(H,14,15)(H,16,17)/t8-,9+/m1/s1. The molecule has 0 bridgehead atoms. The highest BCUT2D eigenvalue weighted by atomic mass is 16.4. The van der Waals surface area contributed by atoms with Crippen molar-refractivity contribution in [1.29, 1.82) is 0 Å². The summed E-state index contributed by atoms with van der Waals surface area (Å²) in [4.78, 5) is 22.9. The largest absolute Gasteiger partial charge is 0.481 e. The summed E-state index contributed by atoms with van der Waals surface area (Å²) in [6, 6.07) is 0. The van der Waals surface area contributed by atoms with Crippen LogP contribution in [-0.4, -0.2) is 23.5 Å². The van der Waals surface area contributed by atoms with Crippen LogP contribution in [0, 0.1) is 22.7 Å². The van der Waals surface area contributed by atoms with E-state index in [-0.39, 0.29) is 17.2 Å². The van der Waals surface area contributed by atoms with Crippen molar-refractivity contribution in [3.05, 3.63) is 0 Å². The van der Waals surface area contributed by atoms with Gasteiger partial charge in [0, 0.05) is 6.54 Å². The molecule has 0 saturated heterocycles. The Morgan fingerprint density at radius 3 is 2.18 bits per heavy atom. The van der Waals surface area contributed by atoms with Gasteiger partial charge in [-0.3, -0.25) is 9.59 Å². The van der Waals surface area contributed by atoms with Gasteiger partial charge in [0.1, 0.15) is 0 Å². The maximum absolute atomic E-state index is 11.9. The lowest BCUT2D eigenvalue weighted by molar-refractivity contribution is -0.140. The first-order valence-electron chi connectivity index (χ1n) is 6.14. The molecule has 1 aliphatic rings. The lowest BCUT2D eigenvalue weighted by Gasteiger charge is -2.23. The van der Waals surface area contributed by atoms with Gasteiger partial charge < -0.3 is 10.4 Å². The first-order chi connectivity index (χ1) is 7.63. The Bertz CT molecular complexity index is 334. The van der Waals surface area contributed by atoms with Crippen molar-refractivity contribution in [3.63, 3.8) is 0 Å². The smallest absolute Gasteiger partial charge is 0.307 e. The van der Waals surface area contributed by atoms with Crippen molar-refractivity contribution in [2.75, 3.05) is 6.54 Å². The van der Waals surface area contributed by atoms with Crippen LogP contribution in [0.25, 0.3) is 0 Å². The molecular formula is C13H23NO3. The highest BCUT2D eigenvalue weighted by molar-refractivity contribution is 5.91. The first kappa shape index (κ1) is 14.0. The molecule has 0 aromatic rings. The molecule has 0 heterocycles. The SMILES string of the molecule is CCC(C)(C)CNC(=O)[C@H]1[C@@H](C(=O)O)C1(C)C. The highest BCUT2D eigenvalue weighted by Gasteiger charge is 2.65. The Balaban J connectivity index is 2.54.